The van der Waals surface area contributed by atoms with E-state index in [0.717, 1.165) is 6.07 Å². The Kier molecular flexibility index (Phi) is 6.11. The zero-order chi connectivity index (χ0) is 14.4. The van der Waals surface area contributed by atoms with Crippen LogP contribution < -0.4 is 5.73 Å². The maximum Gasteiger partial charge on any atom is 0.340 e. The van der Waals surface area contributed by atoms with Gasteiger partial charge in [0.1, 0.15) is 5.82 Å². The highest BCUT2D eigenvalue weighted by Gasteiger charge is 2.16. The highest BCUT2D eigenvalue weighted by molar-refractivity contribution is 7.99. The molecule has 0 saturated heterocycles. The molecule has 0 heterocycles. The van der Waals surface area contributed by atoms with Crippen LogP contribution in [0.1, 0.15) is 24.2 Å². The molecule has 4 nitrogen and oxygen atoms in total. The monoisotopic (exact) mass is 287 g/mol. The van der Waals surface area contributed by atoms with Crippen molar-refractivity contribution in [3.8, 4) is 0 Å². The summed E-state index contributed by atoms with van der Waals surface area (Å²) in [5, 5.41) is 8.94. The van der Waals surface area contributed by atoms with Crippen molar-refractivity contribution in [1.82, 2.24) is 0 Å². The second-order valence-electron chi connectivity index (χ2n) is 4.19. The SMILES string of the molecule is CCOC(=O)c1cc(SCC(C)CO)c(F)cc1N. The molecule has 6 heteroatoms. The number of aliphatic hydroxyl groups is 1. The van der Waals surface area contributed by atoms with Gasteiger partial charge in [0, 0.05) is 22.9 Å². The molecular formula is C13H18FNO3S. The van der Waals surface area contributed by atoms with Gasteiger partial charge in [0.05, 0.1) is 12.2 Å². The van der Waals surface area contributed by atoms with Gasteiger partial charge in [-0.25, -0.2) is 9.18 Å². The summed E-state index contributed by atoms with van der Waals surface area (Å²) in [5.74, 6) is -0.426. The van der Waals surface area contributed by atoms with Crippen LogP contribution in [0.15, 0.2) is 17.0 Å². The quantitative estimate of drug-likeness (QED) is 0.477. The van der Waals surface area contributed by atoms with Crippen molar-refractivity contribution in [2.75, 3.05) is 24.7 Å². The topological polar surface area (TPSA) is 72.5 Å². The molecule has 1 aromatic carbocycles. The Morgan fingerprint density at radius 2 is 2.26 bits per heavy atom. The van der Waals surface area contributed by atoms with E-state index in [1.54, 1.807) is 6.92 Å². The number of halogens is 1. The average Bonchev–Trinajstić information content (AvgIpc) is 2.37. The van der Waals surface area contributed by atoms with Gasteiger partial charge in [-0.05, 0) is 25.0 Å². The molecule has 19 heavy (non-hydrogen) atoms. The van der Waals surface area contributed by atoms with Gasteiger partial charge in [0.15, 0.2) is 0 Å². The van der Waals surface area contributed by atoms with Crippen LogP contribution in [0.25, 0.3) is 0 Å². The van der Waals surface area contributed by atoms with Crippen molar-refractivity contribution in [1.29, 1.82) is 0 Å². The van der Waals surface area contributed by atoms with Crippen LogP contribution in [0.3, 0.4) is 0 Å². The third-order valence-electron chi connectivity index (χ3n) is 2.43. The summed E-state index contributed by atoms with van der Waals surface area (Å²) in [5.41, 5.74) is 5.85. The van der Waals surface area contributed by atoms with E-state index in [0.29, 0.717) is 10.6 Å². The Morgan fingerprint density at radius 1 is 1.58 bits per heavy atom. The second-order valence-corrected chi connectivity index (χ2v) is 5.25. The highest BCUT2D eigenvalue weighted by Crippen LogP contribution is 2.28. The normalized spacial score (nSPS) is 12.2. The molecule has 0 spiro atoms. The maximum absolute atomic E-state index is 13.7. The fourth-order valence-electron chi connectivity index (χ4n) is 1.35. The molecule has 1 atom stereocenters. The number of hydrogen-bond acceptors (Lipinski definition) is 5. The van der Waals surface area contributed by atoms with Crippen molar-refractivity contribution >= 4 is 23.4 Å². The average molecular weight is 287 g/mol. The first-order valence-corrected chi connectivity index (χ1v) is 6.97. The molecule has 0 aliphatic carbocycles. The first-order valence-electron chi connectivity index (χ1n) is 5.99. The highest BCUT2D eigenvalue weighted by atomic mass is 32.2. The Bertz CT molecular complexity index is 454. The number of carbonyl (C=O) groups excluding carboxylic acids is 1. The van der Waals surface area contributed by atoms with E-state index in [1.807, 2.05) is 6.92 Å². The van der Waals surface area contributed by atoms with Crippen molar-refractivity contribution in [2.24, 2.45) is 5.92 Å². The van der Waals surface area contributed by atoms with Gasteiger partial charge < -0.3 is 15.6 Å². The van der Waals surface area contributed by atoms with Crippen molar-refractivity contribution < 1.29 is 19.0 Å². The summed E-state index contributed by atoms with van der Waals surface area (Å²) in [6, 6.07) is 2.52. The summed E-state index contributed by atoms with van der Waals surface area (Å²) in [7, 11) is 0. The number of nitrogens with two attached hydrogens (primary N) is 1. The molecule has 1 aromatic rings. The molecule has 1 rings (SSSR count). The Labute approximate surface area is 116 Å². The van der Waals surface area contributed by atoms with E-state index in [4.69, 9.17) is 15.6 Å². The lowest BCUT2D eigenvalue weighted by Gasteiger charge is -2.11. The Morgan fingerprint density at radius 3 is 2.84 bits per heavy atom. The van der Waals surface area contributed by atoms with E-state index in [1.165, 1.54) is 17.8 Å². The van der Waals surface area contributed by atoms with Gasteiger partial charge in [-0.3, -0.25) is 0 Å². The van der Waals surface area contributed by atoms with Crippen LogP contribution in [0.2, 0.25) is 0 Å². The minimum absolute atomic E-state index is 0.0360. The van der Waals surface area contributed by atoms with Crippen molar-refractivity contribution in [3.05, 3.63) is 23.5 Å². The van der Waals surface area contributed by atoms with E-state index in [-0.39, 0.29) is 30.4 Å². The fraction of sp³-hybridized carbons (Fsp3) is 0.462. The molecule has 3 N–H and O–H groups in total. The number of hydrogen-bond donors (Lipinski definition) is 2. The lowest BCUT2D eigenvalue weighted by atomic mass is 10.2. The lowest BCUT2D eigenvalue weighted by Crippen LogP contribution is -2.09. The van der Waals surface area contributed by atoms with Crippen LogP contribution in [0.5, 0.6) is 0 Å². The number of nitrogen functional groups attached to an aromatic ring is 1. The number of ether oxygens (including phenoxy) is 1. The van der Waals surface area contributed by atoms with E-state index < -0.39 is 11.8 Å². The van der Waals surface area contributed by atoms with Crippen LogP contribution in [0.4, 0.5) is 10.1 Å². The summed E-state index contributed by atoms with van der Waals surface area (Å²) >= 11 is 1.24. The molecule has 0 bridgehead atoms. The Balaban J connectivity index is 2.93. The molecule has 0 aromatic heterocycles. The van der Waals surface area contributed by atoms with Gasteiger partial charge in [-0.15, -0.1) is 11.8 Å². The fourth-order valence-corrected chi connectivity index (χ4v) is 2.32. The van der Waals surface area contributed by atoms with Gasteiger partial charge >= 0.3 is 5.97 Å². The lowest BCUT2D eigenvalue weighted by molar-refractivity contribution is 0.0527. The molecular weight excluding hydrogens is 269 g/mol. The molecule has 1 unspecified atom stereocenters. The zero-order valence-electron chi connectivity index (χ0n) is 11.0. The van der Waals surface area contributed by atoms with Gasteiger partial charge in [-0.2, -0.15) is 0 Å². The molecule has 0 aliphatic heterocycles. The van der Waals surface area contributed by atoms with Crippen molar-refractivity contribution in [2.45, 2.75) is 18.7 Å². The predicted octanol–water partition coefficient (Wildman–Crippen LogP) is 2.31. The van der Waals surface area contributed by atoms with Crippen LogP contribution in [-0.4, -0.2) is 30.0 Å². The molecule has 0 radical (unpaired) electrons. The number of esters is 1. The van der Waals surface area contributed by atoms with Gasteiger partial charge in [0.25, 0.3) is 0 Å². The van der Waals surface area contributed by atoms with Gasteiger partial charge in [-0.1, -0.05) is 6.92 Å². The van der Waals surface area contributed by atoms with Crippen molar-refractivity contribution in [3.63, 3.8) is 0 Å². The molecule has 0 aliphatic rings. The second kappa shape index (κ2) is 7.35. The first-order chi connectivity index (χ1) is 8.99. The summed E-state index contributed by atoms with van der Waals surface area (Å²) in [6.45, 7) is 3.82. The largest absolute Gasteiger partial charge is 0.462 e. The van der Waals surface area contributed by atoms with Crippen LogP contribution in [-0.2, 0) is 4.74 Å². The molecule has 106 valence electrons. The molecule has 0 fully saturated rings. The summed E-state index contributed by atoms with van der Waals surface area (Å²) in [4.78, 5) is 12.0. The number of carbonyl (C=O) groups is 1. The molecule has 0 saturated carbocycles. The number of benzene rings is 1. The third-order valence-corrected chi connectivity index (χ3v) is 3.79. The third kappa shape index (κ3) is 4.40. The minimum Gasteiger partial charge on any atom is -0.462 e. The van der Waals surface area contributed by atoms with Crippen LogP contribution in [0, 0.1) is 11.7 Å². The maximum atomic E-state index is 13.7. The molecule has 0 amide bonds. The van der Waals surface area contributed by atoms with E-state index >= 15 is 0 Å². The number of anilines is 1. The zero-order valence-corrected chi connectivity index (χ0v) is 11.8. The van der Waals surface area contributed by atoms with Gasteiger partial charge in [0.2, 0.25) is 0 Å². The number of rotatable bonds is 6. The van der Waals surface area contributed by atoms with E-state index in [2.05, 4.69) is 0 Å². The first kappa shape index (κ1) is 15.8. The summed E-state index contributed by atoms with van der Waals surface area (Å²) < 4.78 is 18.6. The summed E-state index contributed by atoms with van der Waals surface area (Å²) in [6.07, 6.45) is 0. The Hall–Kier alpha value is -1.27. The number of aliphatic hydroxyl groups excluding tert-OH is 1. The standard InChI is InChI=1S/C13H18FNO3S/c1-3-18-13(17)9-4-12(10(14)5-11(9)15)19-7-8(2)6-16/h4-5,8,16H,3,6-7,15H2,1-2H3. The number of thioether (sulfide) groups is 1. The van der Waals surface area contributed by atoms with Crippen LogP contribution >= 0.6 is 11.8 Å². The van der Waals surface area contributed by atoms with E-state index in [9.17, 15) is 9.18 Å². The predicted molar refractivity (Wildman–Crippen MR) is 73.7 cm³/mol. The minimum atomic E-state index is -0.558. The smallest absolute Gasteiger partial charge is 0.340 e.